The van der Waals surface area contributed by atoms with Crippen LogP contribution in [0.25, 0.3) is 0 Å². The summed E-state index contributed by atoms with van der Waals surface area (Å²) in [5.41, 5.74) is 2.40. The maximum atomic E-state index is 12.7. The standard InChI is InChI=1S/C21H21N5O2/c1-2-20(27)24-17-10-6-7-15(11-17)12-21(28)25-18(13-19-22-14-23-26-19)16-8-4-3-5-9-16/h2-11,14,18H,1,12-13H2,(H,24,27)(H,25,28)(H,22,23,26). The summed E-state index contributed by atoms with van der Waals surface area (Å²) in [6.07, 6.45) is 3.35. The Bertz CT molecular complexity index is 938. The van der Waals surface area contributed by atoms with Crippen LogP contribution in [0.4, 0.5) is 5.69 Å². The third kappa shape index (κ3) is 5.38. The molecule has 0 bridgehead atoms. The van der Waals surface area contributed by atoms with Crippen molar-refractivity contribution in [3.8, 4) is 0 Å². The SMILES string of the molecule is C=CC(=O)Nc1cccc(CC(=O)NC(Cc2ncn[nH]2)c2ccccc2)c1. The Morgan fingerprint density at radius 1 is 1.14 bits per heavy atom. The van der Waals surface area contributed by atoms with Crippen LogP contribution in [0.2, 0.25) is 0 Å². The van der Waals surface area contributed by atoms with E-state index in [0.717, 1.165) is 11.1 Å². The van der Waals surface area contributed by atoms with Crippen LogP contribution in [-0.2, 0) is 22.4 Å². The number of carbonyl (C=O) groups excluding carboxylic acids is 2. The van der Waals surface area contributed by atoms with Gasteiger partial charge in [0.1, 0.15) is 12.2 Å². The van der Waals surface area contributed by atoms with Crippen molar-refractivity contribution in [3.05, 3.63) is 90.5 Å². The van der Waals surface area contributed by atoms with E-state index >= 15 is 0 Å². The van der Waals surface area contributed by atoms with Gasteiger partial charge in [0.25, 0.3) is 0 Å². The molecule has 0 saturated carbocycles. The van der Waals surface area contributed by atoms with E-state index in [9.17, 15) is 9.59 Å². The minimum Gasteiger partial charge on any atom is -0.349 e. The fraction of sp³-hybridized carbons (Fsp3) is 0.143. The van der Waals surface area contributed by atoms with Gasteiger partial charge in [-0.25, -0.2) is 4.98 Å². The van der Waals surface area contributed by atoms with E-state index in [1.807, 2.05) is 36.4 Å². The van der Waals surface area contributed by atoms with Crippen molar-refractivity contribution in [1.82, 2.24) is 20.5 Å². The van der Waals surface area contributed by atoms with Gasteiger partial charge in [0.05, 0.1) is 12.5 Å². The molecule has 142 valence electrons. The van der Waals surface area contributed by atoms with Gasteiger partial charge in [-0.2, -0.15) is 5.10 Å². The van der Waals surface area contributed by atoms with Crippen LogP contribution in [0.15, 0.2) is 73.6 Å². The molecule has 7 nitrogen and oxygen atoms in total. The third-order valence-electron chi connectivity index (χ3n) is 4.14. The summed E-state index contributed by atoms with van der Waals surface area (Å²) in [6.45, 7) is 3.43. The Balaban J connectivity index is 1.69. The molecule has 0 aliphatic heterocycles. The van der Waals surface area contributed by atoms with Gasteiger partial charge in [-0.15, -0.1) is 0 Å². The molecular formula is C21H21N5O2. The number of aromatic nitrogens is 3. The fourth-order valence-electron chi connectivity index (χ4n) is 2.84. The van der Waals surface area contributed by atoms with Gasteiger partial charge in [-0.05, 0) is 29.3 Å². The summed E-state index contributed by atoms with van der Waals surface area (Å²) in [4.78, 5) is 28.3. The Labute approximate surface area is 162 Å². The van der Waals surface area contributed by atoms with Crippen molar-refractivity contribution in [2.75, 3.05) is 5.32 Å². The monoisotopic (exact) mass is 375 g/mol. The molecule has 2 amide bonds. The average Bonchev–Trinajstić information content (AvgIpc) is 3.21. The van der Waals surface area contributed by atoms with Gasteiger partial charge in [0, 0.05) is 12.1 Å². The van der Waals surface area contributed by atoms with Crippen LogP contribution in [0, 0.1) is 0 Å². The van der Waals surface area contributed by atoms with Gasteiger partial charge < -0.3 is 10.6 Å². The fourth-order valence-corrected chi connectivity index (χ4v) is 2.84. The normalized spacial score (nSPS) is 11.4. The topological polar surface area (TPSA) is 99.8 Å². The summed E-state index contributed by atoms with van der Waals surface area (Å²) in [7, 11) is 0. The highest BCUT2D eigenvalue weighted by molar-refractivity contribution is 5.98. The van der Waals surface area contributed by atoms with E-state index in [4.69, 9.17) is 0 Å². The number of anilines is 1. The second kappa shape index (κ2) is 9.27. The zero-order valence-electron chi connectivity index (χ0n) is 15.3. The smallest absolute Gasteiger partial charge is 0.247 e. The quantitative estimate of drug-likeness (QED) is 0.527. The zero-order chi connectivity index (χ0) is 19.8. The molecule has 3 rings (SSSR count). The number of carbonyl (C=O) groups is 2. The second-order valence-corrected chi connectivity index (χ2v) is 6.24. The van der Waals surface area contributed by atoms with Crippen molar-refractivity contribution < 1.29 is 9.59 Å². The number of amides is 2. The third-order valence-corrected chi connectivity index (χ3v) is 4.14. The summed E-state index contributed by atoms with van der Waals surface area (Å²) in [5.74, 6) is 0.279. The van der Waals surface area contributed by atoms with Crippen LogP contribution in [-0.4, -0.2) is 27.0 Å². The first kappa shape index (κ1) is 19.0. The lowest BCUT2D eigenvalue weighted by molar-refractivity contribution is -0.121. The van der Waals surface area contributed by atoms with Crippen molar-refractivity contribution in [1.29, 1.82) is 0 Å². The Hall–Kier alpha value is -3.74. The van der Waals surface area contributed by atoms with Crippen molar-refractivity contribution >= 4 is 17.5 Å². The second-order valence-electron chi connectivity index (χ2n) is 6.24. The average molecular weight is 375 g/mol. The minimum absolute atomic E-state index is 0.124. The van der Waals surface area contributed by atoms with Gasteiger partial charge in [-0.3, -0.25) is 14.7 Å². The maximum Gasteiger partial charge on any atom is 0.247 e. The minimum atomic E-state index is -0.294. The maximum absolute atomic E-state index is 12.7. The highest BCUT2D eigenvalue weighted by Crippen LogP contribution is 2.17. The molecule has 1 heterocycles. The summed E-state index contributed by atoms with van der Waals surface area (Å²) in [5, 5.41) is 12.5. The number of H-pyrrole nitrogens is 1. The Morgan fingerprint density at radius 3 is 2.68 bits per heavy atom. The predicted octanol–water partition coefficient (Wildman–Crippen LogP) is 2.57. The highest BCUT2D eigenvalue weighted by Gasteiger charge is 2.17. The molecule has 0 fully saturated rings. The van der Waals surface area contributed by atoms with Crippen LogP contribution < -0.4 is 10.6 Å². The lowest BCUT2D eigenvalue weighted by Crippen LogP contribution is -2.31. The Kier molecular flexibility index (Phi) is 6.30. The molecule has 3 N–H and O–H groups in total. The molecule has 0 spiro atoms. The molecule has 3 aromatic rings. The van der Waals surface area contributed by atoms with Crippen molar-refractivity contribution in [3.63, 3.8) is 0 Å². The lowest BCUT2D eigenvalue weighted by Gasteiger charge is -2.18. The zero-order valence-corrected chi connectivity index (χ0v) is 15.3. The van der Waals surface area contributed by atoms with Crippen molar-refractivity contribution in [2.24, 2.45) is 0 Å². The van der Waals surface area contributed by atoms with E-state index in [1.165, 1.54) is 12.4 Å². The molecule has 0 saturated heterocycles. The number of benzene rings is 2. The molecule has 1 unspecified atom stereocenters. The molecule has 0 aliphatic carbocycles. The van der Waals surface area contributed by atoms with Gasteiger partial charge in [0.15, 0.2) is 0 Å². The number of hydrogen-bond donors (Lipinski definition) is 3. The number of rotatable bonds is 8. The van der Waals surface area contributed by atoms with Crippen LogP contribution in [0.3, 0.4) is 0 Å². The number of aromatic amines is 1. The largest absolute Gasteiger partial charge is 0.349 e. The molecular weight excluding hydrogens is 354 g/mol. The lowest BCUT2D eigenvalue weighted by atomic mass is 10.0. The summed E-state index contributed by atoms with van der Waals surface area (Å²) < 4.78 is 0. The first-order chi connectivity index (χ1) is 13.6. The van der Waals surface area contributed by atoms with Gasteiger partial charge in [0.2, 0.25) is 11.8 Å². The van der Waals surface area contributed by atoms with E-state index in [1.54, 1.807) is 18.2 Å². The van der Waals surface area contributed by atoms with Gasteiger partial charge >= 0.3 is 0 Å². The predicted molar refractivity (Wildman–Crippen MR) is 106 cm³/mol. The summed E-state index contributed by atoms with van der Waals surface area (Å²) in [6, 6.07) is 16.7. The van der Waals surface area contributed by atoms with E-state index in [2.05, 4.69) is 32.4 Å². The van der Waals surface area contributed by atoms with Gasteiger partial charge in [-0.1, -0.05) is 49.0 Å². The first-order valence-electron chi connectivity index (χ1n) is 8.85. The number of nitrogens with zero attached hydrogens (tertiary/aromatic N) is 2. The van der Waals surface area contributed by atoms with Crippen LogP contribution in [0.1, 0.15) is 23.0 Å². The molecule has 7 heteroatoms. The molecule has 28 heavy (non-hydrogen) atoms. The number of hydrogen-bond acceptors (Lipinski definition) is 4. The van der Waals surface area contributed by atoms with E-state index < -0.39 is 0 Å². The number of nitrogens with one attached hydrogen (secondary N) is 3. The molecule has 0 aliphatic rings. The molecule has 1 aromatic heterocycles. The molecule has 2 aromatic carbocycles. The first-order valence-corrected chi connectivity index (χ1v) is 8.85. The van der Waals surface area contributed by atoms with Crippen LogP contribution >= 0.6 is 0 Å². The van der Waals surface area contributed by atoms with E-state index in [0.29, 0.717) is 17.9 Å². The highest BCUT2D eigenvalue weighted by atomic mass is 16.2. The van der Waals surface area contributed by atoms with Crippen molar-refractivity contribution in [2.45, 2.75) is 18.9 Å². The van der Waals surface area contributed by atoms with E-state index in [-0.39, 0.29) is 24.3 Å². The molecule has 0 radical (unpaired) electrons. The Morgan fingerprint density at radius 2 is 1.96 bits per heavy atom. The summed E-state index contributed by atoms with van der Waals surface area (Å²) >= 11 is 0. The van der Waals surface area contributed by atoms with Crippen LogP contribution in [0.5, 0.6) is 0 Å². The molecule has 1 atom stereocenters.